The molecular weight excluding hydrogens is 263 g/mol. The van der Waals surface area contributed by atoms with Crippen molar-refractivity contribution in [3.8, 4) is 0 Å². The number of nitrogens with one attached hydrogen (secondary N) is 1. The van der Waals surface area contributed by atoms with E-state index in [4.69, 9.17) is 4.42 Å². The maximum atomic E-state index is 13.2. The van der Waals surface area contributed by atoms with Gasteiger partial charge in [0, 0.05) is 24.2 Å². The molecule has 0 aliphatic rings. The van der Waals surface area contributed by atoms with Crippen molar-refractivity contribution in [2.24, 2.45) is 0 Å². The Morgan fingerprint density at radius 1 is 1.45 bits per heavy atom. The fourth-order valence-electron chi connectivity index (χ4n) is 1.91. The van der Waals surface area contributed by atoms with Crippen LogP contribution < -0.4 is 5.32 Å². The van der Waals surface area contributed by atoms with Gasteiger partial charge in [0.2, 0.25) is 5.82 Å². The number of anilines is 1. The molecule has 0 radical (unpaired) electrons. The van der Waals surface area contributed by atoms with Gasteiger partial charge in [0.15, 0.2) is 0 Å². The van der Waals surface area contributed by atoms with Crippen molar-refractivity contribution in [3.63, 3.8) is 0 Å². The highest BCUT2D eigenvalue weighted by molar-refractivity contribution is 5.52. The van der Waals surface area contributed by atoms with Gasteiger partial charge in [-0.15, -0.1) is 0 Å². The van der Waals surface area contributed by atoms with Crippen molar-refractivity contribution < 1.29 is 13.7 Å². The van der Waals surface area contributed by atoms with Crippen LogP contribution in [0.5, 0.6) is 0 Å². The summed E-state index contributed by atoms with van der Waals surface area (Å²) in [5.74, 6) is 0.0625. The van der Waals surface area contributed by atoms with Gasteiger partial charge in [-0.3, -0.25) is 10.1 Å². The normalized spacial score (nSPS) is 12.1. The third-order valence-corrected chi connectivity index (χ3v) is 2.96. The molecule has 1 N–H and O–H groups in total. The molecule has 106 valence electrons. The molecule has 2 aromatic rings. The van der Waals surface area contributed by atoms with E-state index in [9.17, 15) is 14.5 Å². The van der Waals surface area contributed by atoms with Gasteiger partial charge < -0.3 is 9.73 Å². The first-order chi connectivity index (χ1) is 9.56. The molecule has 0 amide bonds. The van der Waals surface area contributed by atoms with Crippen molar-refractivity contribution >= 4 is 11.4 Å². The molecule has 1 heterocycles. The Morgan fingerprint density at radius 2 is 2.25 bits per heavy atom. The summed E-state index contributed by atoms with van der Waals surface area (Å²) in [6.07, 6.45) is 3.19. The number of nitro benzene ring substituents is 1. The highest BCUT2D eigenvalue weighted by Crippen LogP contribution is 2.22. The fourth-order valence-corrected chi connectivity index (χ4v) is 1.91. The summed E-state index contributed by atoms with van der Waals surface area (Å²) < 4.78 is 18.4. The number of hydrogen-bond donors (Lipinski definition) is 1. The van der Waals surface area contributed by atoms with E-state index in [-0.39, 0.29) is 6.04 Å². The number of halogens is 1. The van der Waals surface area contributed by atoms with Gasteiger partial charge in [0.25, 0.3) is 0 Å². The zero-order valence-corrected chi connectivity index (χ0v) is 11.0. The fraction of sp³-hybridized carbons (Fsp3) is 0.286. The summed E-state index contributed by atoms with van der Waals surface area (Å²) in [4.78, 5) is 9.94. The Bertz CT molecular complexity index is 584. The van der Waals surface area contributed by atoms with E-state index in [1.165, 1.54) is 12.1 Å². The van der Waals surface area contributed by atoms with E-state index in [2.05, 4.69) is 5.32 Å². The van der Waals surface area contributed by atoms with Gasteiger partial charge in [-0.2, -0.15) is 4.39 Å². The number of benzene rings is 1. The van der Waals surface area contributed by atoms with Crippen LogP contribution in [0.25, 0.3) is 0 Å². The number of nitro groups is 1. The molecular formula is C14H15FN2O3. The summed E-state index contributed by atoms with van der Waals surface area (Å²) in [6, 6.07) is 7.61. The number of aryl methyl sites for hydroxylation is 1. The predicted molar refractivity (Wildman–Crippen MR) is 73.2 cm³/mol. The van der Waals surface area contributed by atoms with Gasteiger partial charge in [-0.1, -0.05) is 0 Å². The third kappa shape index (κ3) is 3.57. The maximum Gasteiger partial charge on any atom is 0.306 e. The Balaban J connectivity index is 1.95. The summed E-state index contributed by atoms with van der Waals surface area (Å²) in [6.45, 7) is 1.96. The average molecular weight is 278 g/mol. The molecule has 0 aliphatic heterocycles. The molecule has 1 atom stereocenters. The average Bonchev–Trinajstić information content (AvgIpc) is 2.91. The second-order valence-corrected chi connectivity index (χ2v) is 4.59. The molecule has 0 fully saturated rings. The van der Waals surface area contributed by atoms with Crippen LogP contribution in [0.4, 0.5) is 15.8 Å². The molecule has 6 heteroatoms. The predicted octanol–water partition coefficient (Wildman–Crippen LogP) is 3.76. The van der Waals surface area contributed by atoms with Gasteiger partial charge >= 0.3 is 5.69 Å². The van der Waals surface area contributed by atoms with Crippen molar-refractivity contribution in [1.82, 2.24) is 0 Å². The molecule has 0 saturated carbocycles. The minimum absolute atomic E-state index is 0.0881. The third-order valence-electron chi connectivity index (χ3n) is 2.96. The lowest BCUT2D eigenvalue weighted by molar-refractivity contribution is -0.387. The minimum Gasteiger partial charge on any atom is -0.469 e. The molecule has 1 aromatic carbocycles. The van der Waals surface area contributed by atoms with Crippen LogP contribution in [0.3, 0.4) is 0 Å². The van der Waals surface area contributed by atoms with Crippen LogP contribution in [0, 0.1) is 15.9 Å². The second-order valence-electron chi connectivity index (χ2n) is 4.59. The standard InChI is InChI=1S/C14H15FN2O3/c1-10(4-6-12-3-2-8-20-12)16-11-5-7-13(15)14(9-11)17(18)19/h2-3,5,7-10,16H,4,6H2,1H3. The molecule has 0 aliphatic carbocycles. The molecule has 2 rings (SSSR count). The van der Waals surface area contributed by atoms with E-state index >= 15 is 0 Å². The van der Waals surface area contributed by atoms with Gasteiger partial charge in [-0.05, 0) is 37.6 Å². The molecule has 5 nitrogen and oxygen atoms in total. The first-order valence-electron chi connectivity index (χ1n) is 6.29. The summed E-state index contributed by atoms with van der Waals surface area (Å²) >= 11 is 0. The summed E-state index contributed by atoms with van der Waals surface area (Å²) in [5, 5.41) is 13.8. The number of hydrogen-bond acceptors (Lipinski definition) is 4. The van der Waals surface area contributed by atoms with Crippen LogP contribution in [-0.4, -0.2) is 11.0 Å². The van der Waals surface area contributed by atoms with Crippen molar-refractivity contribution in [1.29, 1.82) is 0 Å². The Kier molecular flexibility index (Phi) is 4.34. The Hall–Kier alpha value is -2.37. The van der Waals surface area contributed by atoms with E-state index < -0.39 is 16.4 Å². The van der Waals surface area contributed by atoms with Crippen molar-refractivity contribution in [3.05, 3.63) is 58.3 Å². The van der Waals surface area contributed by atoms with Crippen LogP contribution in [0.15, 0.2) is 41.0 Å². The second kappa shape index (κ2) is 6.18. The molecule has 1 unspecified atom stereocenters. The summed E-state index contributed by atoms with van der Waals surface area (Å²) in [5.41, 5.74) is 0.0123. The van der Waals surface area contributed by atoms with E-state index in [1.807, 2.05) is 19.1 Å². The smallest absolute Gasteiger partial charge is 0.306 e. The quantitative estimate of drug-likeness (QED) is 0.645. The molecule has 0 bridgehead atoms. The van der Waals surface area contributed by atoms with Crippen molar-refractivity contribution in [2.75, 3.05) is 5.32 Å². The largest absolute Gasteiger partial charge is 0.469 e. The van der Waals surface area contributed by atoms with E-state index in [0.717, 1.165) is 24.7 Å². The highest BCUT2D eigenvalue weighted by Gasteiger charge is 2.15. The lowest BCUT2D eigenvalue weighted by Crippen LogP contribution is -2.16. The van der Waals surface area contributed by atoms with E-state index in [0.29, 0.717) is 5.69 Å². The van der Waals surface area contributed by atoms with Crippen LogP contribution in [-0.2, 0) is 6.42 Å². The van der Waals surface area contributed by atoms with Gasteiger partial charge in [0.1, 0.15) is 5.76 Å². The first-order valence-corrected chi connectivity index (χ1v) is 6.29. The van der Waals surface area contributed by atoms with Gasteiger partial charge in [-0.25, -0.2) is 0 Å². The van der Waals surface area contributed by atoms with Crippen molar-refractivity contribution in [2.45, 2.75) is 25.8 Å². The van der Waals surface area contributed by atoms with Crippen LogP contribution in [0.1, 0.15) is 19.1 Å². The summed E-state index contributed by atoms with van der Waals surface area (Å²) in [7, 11) is 0. The van der Waals surface area contributed by atoms with E-state index in [1.54, 1.807) is 6.26 Å². The Labute approximate surface area is 115 Å². The highest BCUT2D eigenvalue weighted by atomic mass is 19.1. The lowest BCUT2D eigenvalue weighted by Gasteiger charge is -2.14. The molecule has 0 saturated heterocycles. The number of nitrogens with zero attached hydrogens (tertiary/aromatic N) is 1. The Morgan fingerprint density at radius 3 is 2.90 bits per heavy atom. The first kappa shape index (κ1) is 14.0. The zero-order valence-electron chi connectivity index (χ0n) is 11.0. The lowest BCUT2D eigenvalue weighted by atomic mass is 10.1. The topological polar surface area (TPSA) is 68.3 Å². The molecule has 1 aromatic heterocycles. The number of rotatable bonds is 6. The monoisotopic (exact) mass is 278 g/mol. The molecule has 20 heavy (non-hydrogen) atoms. The zero-order chi connectivity index (χ0) is 14.5. The van der Waals surface area contributed by atoms with Crippen LogP contribution in [0.2, 0.25) is 0 Å². The van der Waals surface area contributed by atoms with Crippen LogP contribution >= 0.6 is 0 Å². The molecule has 0 spiro atoms. The minimum atomic E-state index is -0.830. The number of furan rings is 1. The maximum absolute atomic E-state index is 13.2. The van der Waals surface area contributed by atoms with Gasteiger partial charge in [0.05, 0.1) is 11.2 Å². The SMILES string of the molecule is CC(CCc1ccco1)Nc1ccc(F)c([N+](=O)[O-])c1.